The molecule has 0 spiro atoms. The number of aromatic nitrogens is 2. The Balaban J connectivity index is 1.88. The number of nitrogens with one attached hydrogen (secondary N) is 1. The fourth-order valence-corrected chi connectivity index (χ4v) is 2.67. The van der Waals surface area contributed by atoms with Crippen molar-refractivity contribution < 1.29 is 0 Å². The summed E-state index contributed by atoms with van der Waals surface area (Å²) in [6, 6.07) is 0. The van der Waals surface area contributed by atoms with Crippen molar-refractivity contribution in [3.8, 4) is 0 Å². The van der Waals surface area contributed by atoms with E-state index >= 15 is 0 Å². The Kier molecular flexibility index (Phi) is 3.37. The van der Waals surface area contributed by atoms with Crippen molar-refractivity contribution >= 4 is 11.8 Å². The lowest BCUT2D eigenvalue weighted by atomic mass is 10.2. The van der Waals surface area contributed by atoms with Gasteiger partial charge in [0.15, 0.2) is 0 Å². The minimum Gasteiger partial charge on any atom is -0.316 e. The molecule has 14 heavy (non-hydrogen) atoms. The van der Waals surface area contributed by atoms with Crippen molar-refractivity contribution in [3.63, 3.8) is 0 Å². The van der Waals surface area contributed by atoms with Gasteiger partial charge >= 0.3 is 0 Å². The lowest BCUT2D eigenvalue weighted by Crippen LogP contribution is -2.10. The Morgan fingerprint density at radius 2 is 2.36 bits per heavy atom. The van der Waals surface area contributed by atoms with Gasteiger partial charge in [-0.25, -0.2) is 4.98 Å². The summed E-state index contributed by atoms with van der Waals surface area (Å²) in [6.45, 7) is 4.35. The number of aryl methyl sites for hydroxylation is 1. The van der Waals surface area contributed by atoms with Gasteiger partial charge in [-0.3, -0.25) is 4.98 Å². The Morgan fingerprint density at radius 1 is 1.50 bits per heavy atom. The van der Waals surface area contributed by atoms with Gasteiger partial charge in [0, 0.05) is 18.1 Å². The molecule has 0 amide bonds. The van der Waals surface area contributed by atoms with E-state index < -0.39 is 0 Å². The van der Waals surface area contributed by atoms with Gasteiger partial charge in [0.25, 0.3) is 0 Å². The van der Waals surface area contributed by atoms with Crippen LogP contribution in [0.4, 0.5) is 0 Å². The van der Waals surface area contributed by atoms with Crippen molar-refractivity contribution in [3.05, 3.63) is 18.1 Å². The van der Waals surface area contributed by atoms with Gasteiger partial charge in [-0.15, -0.1) is 11.8 Å². The van der Waals surface area contributed by atoms with Crippen LogP contribution < -0.4 is 5.32 Å². The molecule has 1 atom stereocenters. The third kappa shape index (κ3) is 2.45. The van der Waals surface area contributed by atoms with Crippen LogP contribution in [0.25, 0.3) is 0 Å². The third-order valence-corrected chi connectivity index (χ3v) is 3.77. The van der Waals surface area contributed by atoms with Crippen molar-refractivity contribution in [2.75, 3.05) is 18.8 Å². The molecule has 2 rings (SSSR count). The molecule has 0 bridgehead atoms. The molecule has 4 heteroatoms. The van der Waals surface area contributed by atoms with Crippen LogP contribution in [0.5, 0.6) is 0 Å². The number of hydrogen-bond acceptors (Lipinski definition) is 4. The zero-order valence-electron chi connectivity index (χ0n) is 8.36. The van der Waals surface area contributed by atoms with E-state index in [1.165, 1.54) is 13.0 Å². The average molecular weight is 209 g/mol. The molecule has 2 heterocycles. The summed E-state index contributed by atoms with van der Waals surface area (Å²) in [5.74, 6) is 1.97. The Labute approximate surface area is 88.7 Å². The highest BCUT2D eigenvalue weighted by Crippen LogP contribution is 2.22. The van der Waals surface area contributed by atoms with E-state index in [1.807, 2.05) is 18.7 Å². The predicted molar refractivity (Wildman–Crippen MR) is 58.5 cm³/mol. The molecular formula is C10H15N3S. The van der Waals surface area contributed by atoms with E-state index in [9.17, 15) is 0 Å². The molecule has 3 nitrogen and oxygen atoms in total. The maximum Gasteiger partial charge on any atom is 0.117 e. The summed E-state index contributed by atoms with van der Waals surface area (Å²) in [5.41, 5.74) is 1.04. The average Bonchev–Trinajstić information content (AvgIpc) is 2.69. The Bertz CT molecular complexity index is 297. The van der Waals surface area contributed by atoms with Crippen molar-refractivity contribution in [2.24, 2.45) is 5.92 Å². The first kappa shape index (κ1) is 9.93. The van der Waals surface area contributed by atoms with E-state index in [0.717, 1.165) is 28.9 Å². The maximum atomic E-state index is 4.32. The van der Waals surface area contributed by atoms with Gasteiger partial charge < -0.3 is 5.32 Å². The normalized spacial score (nSPS) is 21.4. The highest BCUT2D eigenvalue weighted by atomic mass is 32.2. The van der Waals surface area contributed by atoms with E-state index in [4.69, 9.17) is 0 Å². The number of nitrogens with zero attached hydrogens (tertiary/aromatic N) is 2. The summed E-state index contributed by atoms with van der Waals surface area (Å²) in [4.78, 5) is 8.54. The van der Waals surface area contributed by atoms with E-state index in [1.54, 1.807) is 12.4 Å². The molecule has 1 unspecified atom stereocenters. The molecule has 1 aromatic rings. The second-order valence-electron chi connectivity index (χ2n) is 3.62. The topological polar surface area (TPSA) is 37.8 Å². The van der Waals surface area contributed by atoms with Crippen LogP contribution in [-0.4, -0.2) is 28.8 Å². The van der Waals surface area contributed by atoms with Crippen LogP contribution in [0, 0.1) is 12.8 Å². The first-order valence-electron chi connectivity index (χ1n) is 4.97. The Morgan fingerprint density at radius 3 is 3.07 bits per heavy atom. The molecule has 1 fully saturated rings. The summed E-state index contributed by atoms with van der Waals surface area (Å²) < 4.78 is 0. The van der Waals surface area contributed by atoms with Crippen molar-refractivity contribution in [2.45, 2.75) is 18.4 Å². The zero-order valence-corrected chi connectivity index (χ0v) is 9.18. The van der Waals surface area contributed by atoms with Crippen LogP contribution in [0.1, 0.15) is 12.1 Å². The molecule has 0 radical (unpaired) electrons. The van der Waals surface area contributed by atoms with E-state index in [-0.39, 0.29) is 0 Å². The van der Waals surface area contributed by atoms with Gasteiger partial charge in [-0.1, -0.05) is 0 Å². The van der Waals surface area contributed by atoms with Crippen LogP contribution in [0.15, 0.2) is 17.4 Å². The molecule has 1 N–H and O–H groups in total. The van der Waals surface area contributed by atoms with E-state index in [2.05, 4.69) is 15.3 Å². The molecule has 1 saturated heterocycles. The predicted octanol–water partition coefficient (Wildman–Crippen LogP) is 1.49. The van der Waals surface area contributed by atoms with Crippen molar-refractivity contribution in [1.82, 2.24) is 15.3 Å². The molecule has 0 aliphatic carbocycles. The highest BCUT2D eigenvalue weighted by molar-refractivity contribution is 7.99. The first-order valence-corrected chi connectivity index (χ1v) is 5.96. The van der Waals surface area contributed by atoms with Gasteiger partial charge in [-0.05, 0) is 32.4 Å². The summed E-state index contributed by atoms with van der Waals surface area (Å²) in [5, 5.41) is 4.46. The van der Waals surface area contributed by atoms with E-state index in [0.29, 0.717) is 0 Å². The molecule has 76 valence electrons. The standard InChI is InChI=1S/C10H15N3S/c1-8-10(13-5-4-12-8)14-7-9-2-3-11-6-9/h4-5,9,11H,2-3,6-7H2,1H3. The molecule has 1 aliphatic heterocycles. The molecular weight excluding hydrogens is 194 g/mol. The fourth-order valence-electron chi connectivity index (χ4n) is 1.59. The quantitative estimate of drug-likeness (QED) is 0.765. The number of thioether (sulfide) groups is 1. The molecule has 0 saturated carbocycles. The highest BCUT2D eigenvalue weighted by Gasteiger charge is 2.15. The van der Waals surface area contributed by atoms with Crippen LogP contribution in [-0.2, 0) is 0 Å². The molecule has 0 aromatic carbocycles. The zero-order chi connectivity index (χ0) is 9.80. The van der Waals surface area contributed by atoms with Crippen LogP contribution >= 0.6 is 11.8 Å². The van der Waals surface area contributed by atoms with Crippen molar-refractivity contribution in [1.29, 1.82) is 0 Å². The lowest BCUT2D eigenvalue weighted by molar-refractivity contribution is 0.662. The monoisotopic (exact) mass is 209 g/mol. The second-order valence-corrected chi connectivity index (χ2v) is 4.63. The molecule has 1 aromatic heterocycles. The largest absolute Gasteiger partial charge is 0.316 e. The Hall–Kier alpha value is -0.610. The molecule has 1 aliphatic rings. The van der Waals surface area contributed by atoms with Gasteiger partial charge in [0.05, 0.1) is 5.69 Å². The second kappa shape index (κ2) is 4.75. The minimum atomic E-state index is 0.807. The smallest absolute Gasteiger partial charge is 0.117 e. The van der Waals surface area contributed by atoms with Crippen LogP contribution in [0.2, 0.25) is 0 Å². The first-order chi connectivity index (χ1) is 6.86. The third-order valence-electron chi connectivity index (χ3n) is 2.45. The number of rotatable bonds is 3. The SMILES string of the molecule is Cc1nccnc1SCC1CCNC1. The summed E-state index contributed by atoms with van der Waals surface area (Å²) in [7, 11) is 0. The minimum absolute atomic E-state index is 0.807. The van der Waals surface area contributed by atoms with Gasteiger partial charge in [0.1, 0.15) is 5.03 Å². The van der Waals surface area contributed by atoms with Gasteiger partial charge in [0.2, 0.25) is 0 Å². The number of hydrogen-bond donors (Lipinski definition) is 1. The summed E-state index contributed by atoms with van der Waals surface area (Å²) in [6.07, 6.45) is 4.81. The lowest BCUT2D eigenvalue weighted by Gasteiger charge is -2.07. The van der Waals surface area contributed by atoms with Gasteiger partial charge in [-0.2, -0.15) is 0 Å². The fraction of sp³-hybridized carbons (Fsp3) is 0.600. The van der Waals surface area contributed by atoms with Crippen LogP contribution in [0.3, 0.4) is 0 Å². The maximum absolute atomic E-state index is 4.32. The summed E-state index contributed by atoms with van der Waals surface area (Å²) >= 11 is 1.83.